The highest BCUT2D eigenvalue weighted by atomic mass is 79.9. The zero-order valence-electron chi connectivity index (χ0n) is 13.6. The van der Waals surface area contributed by atoms with Crippen molar-refractivity contribution in [2.24, 2.45) is 0 Å². The first-order valence-corrected chi connectivity index (χ1v) is 9.01. The van der Waals surface area contributed by atoms with E-state index in [9.17, 15) is 20.1 Å². The fourth-order valence-electron chi connectivity index (χ4n) is 2.88. The number of hydrogen-bond acceptors (Lipinski definition) is 6. The maximum absolute atomic E-state index is 11.5. The van der Waals surface area contributed by atoms with Crippen molar-refractivity contribution >= 4 is 44.3 Å². The van der Waals surface area contributed by atoms with Gasteiger partial charge in [-0.2, -0.15) is 0 Å². The van der Waals surface area contributed by atoms with Crippen LogP contribution in [0, 0.1) is 0 Å². The minimum atomic E-state index is -1.37. The lowest BCUT2D eigenvalue weighted by molar-refractivity contribution is -0.244. The fraction of sp³-hybridized carbons (Fsp3) is 0.438. The Labute approximate surface area is 162 Å². The standard InChI is InChI=1S/C16H18BrClN2O6/c1-6(22)20-13-15(24)14(23)12(5-21)26-16(13)25-11-4-19-10-3-9(18)8(17)2-7(10)11/h2-4,12-16,19,21,23-24H,5H2,1H3,(H,20,22)/t12-,13-,14-,15-,16+/m1/s1. The molecule has 2 heterocycles. The van der Waals surface area contributed by atoms with E-state index in [4.69, 9.17) is 21.1 Å². The molecule has 1 aromatic carbocycles. The van der Waals surface area contributed by atoms with Gasteiger partial charge in [-0.3, -0.25) is 4.79 Å². The minimum Gasteiger partial charge on any atom is -0.460 e. The van der Waals surface area contributed by atoms with Gasteiger partial charge in [-0.1, -0.05) is 11.6 Å². The number of amides is 1. The van der Waals surface area contributed by atoms with E-state index in [1.807, 2.05) is 0 Å². The average Bonchev–Trinajstić information content (AvgIpc) is 2.96. The van der Waals surface area contributed by atoms with E-state index >= 15 is 0 Å². The van der Waals surface area contributed by atoms with Gasteiger partial charge < -0.3 is 35.1 Å². The third-order valence-electron chi connectivity index (χ3n) is 4.18. The summed E-state index contributed by atoms with van der Waals surface area (Å²) in [6, 6.07) is 2.45. The van der Waals surface area contributed by atoms with Crippen LogP contribution in [-0.4, -0.2) is 63.5 Å². The van der Waals surface area contributed by atoms with Gasteiger partial charge in [0.05, 0.1) is 17.1 Å². The quantitative estimate of drug-likeness (QED) is 0.473. The number of fused-ring (bicyclic) bond motifs is 1. The first kappa shape index (κ1) is 19.4. The Balaban J connectivity index is 1.92. The van der Waals surface area contributed by atoms with Gasteiger partial charge in [-0.15, -0.1) is 0 Å². The van der Waals surface area contributed by atoms with Gasteiger partial charge in [0.1, 0.15) is 30.1 Å². The van der Waals surface area contributed by atoms with Crippen molar-refractivity contribution < 1.29 is 29.6 Å². The zero-order valence-corrected chi connectivity index (χ0v) is 16.0. The lowest BCUT2D eigenvalue weighted by Gasteiger charge is -2.41. The Kier molecular flexibility index (Phi) is 5.75. The molecule has 1 amide bonds. The molecule has 2 aromatic rings. The van der Waals surface area contributed by atoms with E-state index < -0.39 is 43.2 Å². The van der Waals surface area contributed by atoms with Crippen molar-refractivity contribution in [3.05, 3.63) is 27.8 Å². The van der Waals surface area contributed by atoms with Crippen LogP contribution in [0.5, 0.6) is 5.75 Å². The lowest BCUT2D eigenvalue weighted by Crippen LogP contribution is -2.65. The number of ether oxygens (including phenoxy) is 2. The molecule has 1 aliphatic heterocycles. The molecular weight excluding hydrogens is 432 g/mol. The van der Waals surface area contributed by atoms with Gasteiger partial charge in [0.15, 0.2) is 0 Å². The third kappa shape index (κ3) is 3.68. The van der Waals surface area contributed by atoms with E-state index in [1.165, 1.54) is 6.92 Å². The SMILES string of the molecule is CC(=O)N[C@H]1[C@@H](Oc2c[nH]c3cc(Cl)c(Br)cc23)O[C@H](CO)[C@@H](O)[C@@H]1O. The van der Waals surface area contributed by atoms with E-state index in [2.05, 4.69) is 26.2 Å². The number of aromatic amines is 1. The summed E-state index contributed by atoms with van der Waals surface area (Å²) in [4.78, 5) is 14.5. The molecule has 26 heavy (non-hydrogen) atoms. The van der Waals surface area contributed by atoms with Crippen LogP contribution >= 0.6 is 27.5 Å². The van der Waals surface area contributed by atoms with Crippen LogP contribution in [0.15, 0.2) is 22.8 Å². The van der Waals surface area contributed by atoms with E-state index in [0.29, 0.717) is 20.6 Å². The molecule has 3 rings (SSSR count). The Morgan fingerprint density at radius 2 is 2.15 bits per heavy atom. The van der Waals surface area contributed by atoms with Gasteiger partial charge in [0.25, 0.3) is 0 Å². The molecule has 8 nitrogen and oxygen atoms in total. The number of carbonyl (C=O) groups excluding carboxylic acids is 1. The molecule has 0 spiro atoms. The van der Waals surface area contributed by atoms with E-state index in [-0.39, 0.29) is 0 Å². The van der Waals surface area contributed by atoms with Crippen molar-refractivity contribution in [2.75, 3.05) is 6.61 Å². The van der Waals surface area contributed by atoms with Crippen molar-refractivity contribution in [3.8, 4) is 5.75 Å². The molecule has 1 aromatic heterocycles. The number of carbonyl (C=O) groups is 1. The number of nitrogens with one attached hydrogen (secondary N) is 2. The maximum Gasteiger partial charge on any atom is 0.223 e. The average molecular weight is 450 g/mol. The highest BCUT2D eigenvalue weighted by Gasteiger charge is 2.46. The summed E-state index contributed by atoms with van der Waals surface area (Å²) in [5, 5.41) is 33.5. The number of aliphatic hydroxyl groups is 3. The second kappa shape index (κ2) is 7.71. The summed E-state index contributed by atoms with van der Waals surface area (Å²) in [7, 11) is 0. The first-order valence-electron chi connectivity index (χ1n) is 7.84. The highest BCUT2D eigenvalue weighted by Crippen LogP contribution is 2.34. The van der Waals surface area contributed by atoms with Gasteiger partial charge >= 0.3 is 0 Å². The van der Waals surface area contributed by atoms with Crippen LogP contribution < -0.4 is 10.1 Å². The number of halogens is 2. The minimum absolute atomic E-state index is 0.401. The number of hydrogen-bond donors (Lipinski definition) is 5. The predicted octanol–water partition coefficient (Wildman–Crippen LogP) is 0.906. The molecule has 10 heteroatoms. The first-order chi connectivity index (χ1) is 12.3. The van der Waals surface area contributed by atoms with Gasteiger partial charge in [-0.05, 0) is 28.1 Å². The van der Waals surface area contributed by atoms with Gasteiger partial charge in [0.2, 0.25) is 12.2 Å². The fourth-order valence-corrected chi connectivity index (χ4v) is 3.39. The summed E-state index contributed by atoms with van der Waals surface area (Å²) in [5.41, 5.74) is 0.722. The van der Waals surface area contributed by atoms with Crippen LogP contribution in [0.25, 0.3) is 10.9 Å². The Morgan fingerprint density at radius 1 is 1.42 bits per heavy atom. The number of H-pyrrole nitrogens is 1. The van der Waals surface area contributed by atoms with Crippen molar-refractivity contribution in [1.82, 2.24) is 10.3 Å². The topological polar surface area (TPSA) is 124 Å². The molecule has 5 atom stereocenters. The molecule has 0 bridgehead atoms. The van der Waals surface area contributed by atoms with Crippen molar-refractivity contribution in [2.45, 2.75) is 37.6 Å². The summed E-state index contributed by atoms with van der Waals surface area (Å²) in [6.07, 6.45) is -3.32. The molecule has 1 fully saturated rings. The molecule has 0 radical (unpaired) electrons. The van der Waals surface area contributed by atoms with Crippen LogP contribution in [0.4, 0.5) is 0 Å². The molecule has 142 valence electrons. The highest BCUT2D eigenvalue weighted by molar-refractivity contribution is 9.10. The second-order valence-corrected chi connectivity index (χ2v) is 7.28. The summed E-state index contributed by atoms with van der Waals surface area (Å²) >= 11 is 9.42. The molecular formula is C16H18BrClN2O6. The third-order valence-corrected chi connectivity index (χ3v) is 5.38. The Bertz CT molecular complexity index is 815. The number of aliphatic hydroxyl groups excluding tert-OH is 3. The Morgan fingerprint density at radius 3 is 2.81 bits per heavy atom. The number of aromatic nitrogens is 1. The Hall–Kier alpha value is -1.36. The van der Waals surface area contributed by atoms with Crippen molar-refractivity contribution in [3.63, 3.8) is 0 Å². The summed E-state index contributed by atoms with van der Waals surface area (Å²) < 4.78 is 12.1. The summed E-state index contributed by atoms with van der Waals surface area (Å²) in [5.74, 6) is -0.0210. The lowest BCUT2D eigenvalue weighted by atomic mass is 9.97. The maximum atomic E-state index is 11.5. The van der Waals surface area contributed by atoms with E-state index in [1.54, 1.807) is 18.3 Å². The van der Waals surface area contributed by atoms with Gasteiger partial charge in [-0.25, -0.2) is 0 Å². The molecule has 0 saturated carbocycles. The normalized spacial score (nSPS) is 28.9. The van der Waals surface area contributed by atoms with E-state index in [0.717, 1.165) is 5.52 Å². The molecule has 0 unspecified atom stereocenters. The van der Waals surface area contributed by atoms with Crippen LogP contribution in [0.2, 0.25) is 5.02 Å². The second-order valence-electron chi connectivity index (χ2n) is 6.02. The molecule has 0 aliphatic carbocycles. The molecule has 5 N–H and O–H groups in total. The van der Waals surface area contributed by atoms with Crippen LogP contribution in [-0.2, 0) is 9.53 Å². The molecule has 1 aliphatic rings. The van der Waals surface area contributed by atoms with Gasteiger partial charge in [0, 0.05) is 23.0 Å². The molecule has 1 saturated heterocycles. The number of benzene rings is 1. The zero-order chi connectivity index (χ0) is 19.0. The van der Waals surface area contributed by atoms with Crippen LogP contribution in [0.1, 0.15) is 6.92 Å². The summed E-state index contributed by atoms with van der Waals surface area (Å²) in [6.45, 7) is 0.763. The van der Waals surface area contributed by atoms with Crippen LogP contribution in [0.3, 0.4) is 0 Å². The smallest absolute Gasteiger partial charge is 0.223 e. The van der Waals surface area contributed by atoms with Crippen molar-refractivity contribution in [1.29, 1.82) is 0 Å². The monoisotopic (exact) mass is 448 g/mol. The largest absolute Gasteiger partial charge is 0.460 e. The number of rotatable bonds is 4. The predicted molar refractivity (Wildman–Crippen MR) is 97.0 cm³/mol.